The highest BCUT2D eigenvalue weighted by atomic mass is 127. The summed E-state index contributed by atoms with van der Waals surface area (Å²) in [5.74, 6) is 3.02. The average molecular weight is 435 g/mol. The zero-order valence-corrected chi connectivity index (χ0v) is 16.4. The highest BCUT2D eigenvalue weighted by Crippen LogP contribution is 2.36. The van der Waals surface area contributed by atoms with Crippen molar-refractivity contribution in [2.24, 2.45) is 4.99 Å². The van der Waals surface area contributed by atoms with E-state index in [0.29, 0.717) is 11.4 Å². The molecule has 1 aliphatic heterocycles. The van der Waals surface area contributed by atoms with Gasteiger partial charge in [-0.25, -0.2) is 0 Å². The van der Waals surface area contributed by atoms with Gasteiger partial charge in [0.05, 0.1) is 6.54 Å². The number of thioether (sulfide) groups is 1. The molecule has 0 bridgehead atoms. The standard InChI is InChI=1S/C16H25N3OS.HI/c1-16(9-6-12-21-16)13-19-15(17-2)18-10-11-20-14-7-4-3-5-8-14;/h3-5,7-8H,6,9-13H2,1-2H3,(H2,17,18,19);1H. The molecule has 0 saturated carbocycles. The summed E-state index contributed by atoms with van der Waals surface area (Å²) >= 11 is 2.05. The van der Waals surface area contributed by atoms with Crippen molar-refractivity contribution in [3.8, 4) is 5.75 Å². The molecule has 2 N–H and O–H groups in total. The van der Waals surface area contributed by atoms with Crippen molar-refractivity contribution in [1.82, 2.24) is 10.6 Å². The molecule has 6 heteroatoms. The van der Waals surface area contributed by atoms with Gasteiger partial charge in [-0.05, 0) is 37.7 Å². The third kappa shape index (κ3) is 6.64. The monoisotopic (exact) mass is 435 g/mol. The lowest BCUT2D eigenvalue weighted by Gasteiger charge is -2.24. The fourth-order valence-electron chi connectivity index (χ4n) is 2.32. The minimum absolute atomic E-state index is 0. The summed E-state index contributed by atoms with van der Waals surface area (Å²) in [6, 6.07) is 9.86. The minimum Gasteiger partial charge on any atom is -0.492 e. The predicted octanol–water partition coefficient (Wildman–Crippen LogP) is 3.13. The Kier molecular flexibility index (Phi) is 9.00. The molecular weight excluding hydrogens is 409 g/mol. The van der Waals surface area contributed by atoms with Gasteiger partial charge in [-0.2, -0.15) is 11.8 Å². The number of hydrogen-bond acceptors (Lipinski definition) is 3. The van der Waals surface area contributed by atoms with Crippen LogP contribution in [0.25, 0.3) is 0 Å². The lowest BCUT2D eigenvalue weighted by molar-refractivity contribution is 0.322. The van der Waals surface area contributed by atoms with Crippen LogP contribution >= 0.6 is 35.7 Å². The van der Waals surface area contributed by atoms with Crippen LogP contribution in [0.15, 0.2) is 35.3 Å². The number of guanidine groups is 1. The number of benzene rings is 1. The zero-order valence-electron chi connectivity index (χ0n) is 13.3. The minimum atomic E-state index is 0. The van der Waals surface area contributed by atoms with E-state index in [0.717, 1.165) is 24.8 Å². The number of para-hydroxylation sites is 1. The van der Waals surface area contributed by atoms with E-state index in [1.54, 1.807) is 7.05 Å². The second-order valence-corrected chi connectivity index (χ2v) is 7.10. The van der Waals surface area contributed by atoms with Crippen LogP contribution < -0.4 is 15.4 Å². The van der Waals surface area contributed by atoms with E-state index >= 15 is 0 Å². The van der Waals surface area contributed by atoms with E-state index in [9.17, 15) is 0 Å². The largest absolute Gasteiger partial charge is 0.492 e. The van der Waals surface area contributed by atoms with Crippen molar-refractivity contribution in [3.05, 3.63) is 30.3 Å². The van der Waals surface area contributed by atoms with Crippen molar-refractivity contribution in [2.45, 2.75) is 24.5 Å². The quantitative estimate of drug-likeness (QED) is 0.312. The molecule has 1 fully saturated rings. The third-order valence-corrected chi connectivity index (χ3v) is 5.10. The first kappa shape index (κ1) is 19.4. The van der Waals surface area contributed by atoms with Crippen molar-refractivity contribution in [3.63, 3.8) is 0 Å². The number of ether oxygens (including phenoxy) is 1. The van der Waals surface area contributed by atoms with E-state index in [4.69, 9.17) is 4.74 Å². The van der Waals surface area contributed by atoms with Crippen molar-refractivity contribution in [1.29, 1.82) is 0 Å². The Bertz CT molecular complexity index is 450. The number of nitrogens with zero attached hydrogens (tertiary/aromatic N) is 1. The van der Waals surface area contributed by atoms with E-state index < -0.39 is 0 Å². The molecule has 0 aliphatic carbocycles. The predicted molar refractivity (Wildman–Crippen MR) is 107 cm³/mol. The first-order valence-electron chi connectivity index (χ1n) is 7.48. The number of hydrogen-bond donors (Lipinski definition) is 2. The van der Waals surface area contributed by atoms with Gasteiger partial charge in [-0.15, -0.1) is 24.0 Å². The van der Waals surface area contributed by atoms with E-state index in [2.05, 4.69) is 34.3 Å². The molecule has 1 heterocycles. The van der Waals surface area contributed by atoms with Crippen LogP contribution in [0.2, 0.25) is 0 Å². The number of nitrogens with one attached hydrogen (secondary N) is 2. The molecule has 1 atom stereocenters. The Morgan fingerprint density at radius 2 is 2.09 bits per heavy atom. The highest BCUT2D eigenvalue weighted by molar-refractivity contribution is 14.0. The topological polar surface area (TPSA) is 45.7 Å². The van der Waals surface area contributed by atoms with E-state index in [1.165, 1.54) is 18.6 Å². The number of aliphatic imine (C=N–C) groups is 1. The molecule has 1 aromatic carbocycles. The fourth-order valence-corrected chi connectivity index (χ4v) is 3.57. The van der Waals surface area contributed by atoms with Gasteiger partial charge in [-0.3, -0.25) is 4.99 Å². The van der Waals surface area contributed by atoms with Gasteiger partial charge in [-0.1, -0.05) is 18.2 Å². The van der Waals surface area contributed by atoms with Gasteiger partial charge in [0.1, 0.15) is 12.4 Å². The van der Waals surface area contributed by atoms with Crippen LogP contribution in [0.1, 0.15) is 19.8 Å². The van der Waals surface area contributed by atoms with Crippen LogP contribution in [0.3, 0.4) is 0 Å². The Morgan fingerprint density at radius 1 is 1.32 bits per heavy atom. The first-order chi connectivity index (χ1) is 10.2. The molecular formula is C16H26IN3OS. The molecule has 0 spiro atoms. The van der Waals surface area contributed by atoms with Crippen LogP contribution in [-0.4, -0.2) is 43.2 Å². The molecule has 124 valence electrons. The summed E-state index contributed by atoms with van der Waals surface area (Å²) in [6.45, 7) is 4.63. The summed E-state index contributed by atoms with van der Waals surface area (Å²) in [7, 11) is 1.80. The summed E-state index contributed by atoms with van der Waals surface area (Å²) in [6.07, 6.45) is 2.60. The maximum atomic E-state index is 5.65. The molecule has 1 saturated heterocycles. The maximum Gasteiger partial charge on any atom is 0.191 e. The van der Waals surface area contributed by atoms with Crippen molar-refractivity contribution >= 4 is 41.7 Å². The SMILES string of the molecule is CN=C(NCCOc1ccccc1)NCC1(C)CCCS1.I. The Labute approximate surface area is 154 Å². The lowest BCUT2D eigenvalue weighted by atomic mass is 10.1. The first-order valence-corrected chi connectivity index (χ1v) is 8.47. The maximum absolute atomic E-state index is 5.65. The Morgan fingerprint density at radius 3 is 2.73 bits per heavy atom. The molecule has 1 unspecified atom stereocenters. The van der Waals surface area contributed by atoms with Crippen molar-refractivity contribution in [2.75, 3.05) is 32.5 Å². The van der Waals surface area contributed by atoms with Crippen LogP contribution in [-0.2, 0) is 0 Å². The molecule has 1 aliphatic rings. The van der Waals surface area contributed by atoms with Crippen molar-refractivity contribution < 1.29 is 4.74 Å². The van der Waals surface area contributed by atoms with Gasteiger partial charge in [0.25, 0.3) is 0 Å². The number of halogens is 1. The Balaban J connectivity index is 0.00000242. The van der Waals surface area contributed by atoms with Gasteiger partial charge < -0.3 is 15.4 Å². The normalized spacial score (nSPS) is 21.1. The molecule has 4 nitrogen and oxygen atoms in total. The van der Waals surface area contributed by atoms with Gasteiger partial charge >= 0.3 is 0 Å². The van der Waals surface area contributed by atoms with Gasteiger partial charge in [0, 0.05) is 18.3 Å². The average Bonchev–Trinajstić information content (AvgIpc) is 2.95. The highest BCUT2D eigenvalue weighted by Gasteiger charge is 2.29. The summed E-state index contributed by atoms with van der Waals surface area (Å²) in [4.78, 5) is 4.25. The second kappa shape index (κ2) is 10.2. The summed E-state index contributed by atoms with van der Waals surface area (Å²) < 4.78 is 5.99. The zero-order chi connectivity index (χ0) is 15.0. The molecule has 0 aromatic heterocycles. The molecule has 22 heavy (non-hydrogen) atoms. The van der Waals surface area contributed by atoms with E-state index in [1.807, 2.05) is 30.3 Å². The second-order valence-electron chi connectivity index (χ2n) is 5.42. The van der Waals surface area contributed by atoms with Gasteiger partial charge in [0.15, 0.2) is 5.96 Å². The molecule has 1 aromatic rings. The van der Waals surface area contributed by atoms with Gasteiger partial charge in [0.2, 0.25) is 0 Å². The van der Waals surface area contributed by atoms with E-state index in [-0.39, 0.29) is 24.0 Å². The fraction of sp³-hybridized carbons (Fsp3) is 0.562. The summed E-state index contributed by atoms with van der Waals surface area (Å²) in [5, 5.41) is 6.70. The Hall–Kier alpha value is -0.630. The molecule has 0 amide bonds. The van der Waals surface area contributed by atoms with Crippen LogP contribution in [0.5, 0.6) is 5.75 Å². The lowest BCUT2D eigenvalue weighted by Crippen LogP contribution is -2.44. The van der Waals surface area contributed by atoms with Crippen LogP contribution in [0, 0.1) is 0 Å². The molecule has 2 rings (SSSR count). The summed E-state index contributed by atoms with van der Waals surface area (Å²) in [5.41, 5.74) is 0. The third-order valence-electron chi connectivity index (χ3n) is 3.56. The molecule has 0 radical (unpaired) electrons. The smallest absolute Gasteiger partial charge is 0.191 e. The number of rotatable bonds is 6. The van der Waals surface area contributed by atoms with Crippen LogP contribution in [0.4, 0.5) is 0 Å².